The largest absolute Gasteiger partial charge is 0.495 e. The molecular formula is C14H14N2O3. The summed E-state index contributed by atoms with van der Waals surface area (Å²) in [6.45, 7) is 1.82. The van der Waals surface area contributed by atoms with E-state index in [0.29, 0.717) is 17.2 Å². The minimum atomic E-state index is -0.570. The van der Waals surface area contributed by atoms with E-state index in [-0.39, 0.29) is 0 Å². The second kappa shape index (κ2) is 5.86. The lowest BCUT2D eigenvalue weighted by Crippen LogP contribution is -2.16. The molecule has 2 aromatic rings. The molecule has 2 rings (SSSR count). The summed E-state index contributed by atoms with van der Waals surface area (Å²) in [5.41, 5.74) is 1.27. The minimum absolute atomic E-state index is 0.479. The van der Waals surface area contributed by atoms with Crippen molar-refractivity contribution in [3.8, 4) is 11.5 Å². The molecule has 1 heterocycles. The molecule has 0 fully saturated rings. The summed E-state index contributed by atoms with van der Waals surface area (Å²) in [7, 11) is 1.55. The summed E-state index contributed by atoms with van der Waals surface area (Å²) < 4.78 is 10.2. The van der Waals surface area contributed by atoms with Crippen molar-refractivity contribution < 1.29 is 14.3 Å². The zero-order valence-corrected chi connectivity index (χ0v) is 10.7. The number of anilines is 1. The second-order valence-electron chi connectivity index (χ2n) is 3.84. The molecule has 0 radical (unpaired) electrons. The van der Waals surface area contributed by atoms with E-state index in [0.717, 1.165) is 5.69 Å². The van der Waals surface area contributed by atoms with Crippen LogP contribution in [0.2, 0.25) is 0 Å². The van der Waals surface area contributed by atoms with E-state index in [4.69, 9.17) is 9.47 Å². The van der Waals surface area contributed by atoms with E-state index in [1.165, 1.54) is 0 Å². The number of nitrogens with zero attached hydrogens (tertiary/aromatic N) is 1. The summed E-state index contributed by atoms with van der Waals surface area (Å²) in [6.07, 6.45) is 0.975. The number of methoxy groups -OCH3 is 1. The van der Waals surface area contributed by atoms with Crippen LogP contribution in [-0.2, 0) is 0 Å². The van der Waals surface area contributed by atoms with Crippen molar-refractivity contribution in [1.82, 2.24) is 4.98 Å². The van der Waals surface area contributed by atoms with Gasteiger partial charge in [0.15, 0.2) is 0 Å². The van der Waals surface area contributed by atoms with Crippen LogP contribution >= 0.6 is 0 Å². The Hall–Kier alpha value is -2.56. The van der Waals surface area contributed by atoms with Crippen LogP contribution in [0.1, 0.15) is 5.69 Å². The van der Waals surface area contributed by atoms with Crippen LogP contribution in [0.5, 0.6) is 11.5 Å². The van der Waals surface area contributed by atoms with Gasteiger partial charge in [0.2, 0.25) is 0 Å². The lowest BCUT2D eigenvalue weighted by atomic mass is 10.3. The molecule has 0 aliphatic rings. The average molecular weight is 258 g/mol. The SMILES string of the molecule is COc1cc(NC(=O)Oc2ccccc2)cnc1C. The number of rotatable bonds is 3. The molecular weight excluding hydrogens is 244 g/mol. The predicted molar refractivity (Wildman–Crippen MR) is 71.6 cm³/mol. The predicted octanol–water partition coefficient (Wildman–Crippen LogP) is 3.01. The van der Waals surface area contributed by atoms with Crippen molar-refractivity contribution in [3.05, 3.63) is 48.3 Å². The molecule has 0 unspecified atom stereocenters. The molecule has 0 atom stereocenters. The third kappa shape index (κ3) is 3.45. The molecule has 19 heavy (non-hydrogen) atoms. The van der Waals surface area contributed by atoms with Gasteiger partial charge in [-0.1, -0.05) is 18.2 Å². The maximum atomic E-state index is 11.7. The fourth-order valence-electron chi connectivity index (χ4n) is 1.53. The normalized spacial score (nSPS) is 9.79. The number of aromatic nitrogens is 1. The first-order valence-corrected chi connectivity index (χ1v) is 5.73. The Kier molecular flexibility index (Phi) is 3.97. The maximum Gasteiger partial charge on any atom is 0.417 e. The van der Waals surface area contributed by atoms with Crippen LogP contribution in [0, 0.1) is 6.92 Å². The molecule has 5 heteroatoms. The first-order chi connectivity index (χ1) is 9.19. The molecule has 0 saturated heterocycles. The first kappa shape index (κ1) is 12.9. The van der Waals surface area contributed by atoms with E-state index in [2.05, 4.69) is 10.3 Å². The van der Waals surface area contributed by atoms with E-state index < -0.39 is 6.09 Å². The number of aryl methyl sites for hydroxylation is 1. The van der Waals surface area contributed by atoms with Crippen molar-refractivity contribution in [2.75, 3.05) is 12.4 Å². The number of nitrogens with one attached hydrogen (secondary N) is 1. The van der Waals surface area contributed by atoms with Gasteiger partial charge in [0.05, 0.1) is 24.7 Å². The molecule has 0 bridgehead atoms. The van der Waals surface area contributed by atoms with Gasteiger partial charge in [0.1, 0.15) is 11.5 Å². The number of hydrogen-bond donors (Lipinski definition) is 1. The van der Waals surface area contributed by atoms with Crippen molar-refractivity contribution in [2.45, 2.75) is 6.92 Å². The highest BCUT2D eigenvalue weighted by Crippen LogP contribution is 2.20. The number of hydrogen-bond acceptors (Lipinski definition) is 4. The number of amides is 1. The molecule has 1 aromatic heterocycles. The van der Waals surface area contributed by atoms with Crippen LogP contribution in [0.4, 0.5) is 10.5 Å². The number of carbonyl (C=O) groups excluding carboxylic acids is 1. The highest BCUT2D eigenvalue weighted by molar-refractivity contribution is 5.86. The third-order valence-electron chi connectivity index (χ3n) is 2.46. The fourth-order valence-corrected chi connectivity index (χ4v) is 1.53. The summed E-state index contributed by atoms with van der Waals surface area (Å²) in [5.74, 6) is 1.09. The molecule has 0 spiro atoms. The van der Waals surface area contributed by atoms with Crippen LogP contribution in [0.3, 0.4) is 0 Å². The molecule has 0 saturated carbocycles. The zero-order chi connectivity index (χ0) is 13.7. The van der Waals surface area contributed by atoms with Crippen LogP contribution < -0.4 is 14.8 Å². The van der Waals surface area contributed by atoms with Gasteiger partial charge in [-0.25, -0.2) is 4.79 Å². The van der Waals surface area contributed by atoms with Crippen LogP contribution in [0.25, 0.3) is 0 Å². The fraction of sp³-hybridized carbons (Fsp3) is 0.143. The average Bonchev–Trinajstić information content (AvgIpc) is 2.42. The summed E-state index contributed by atoms with van der Waals surface area (Å²) in [5, 5.41) is 2.59. The van der Waals surface area contributed by atoms with Gasteiger partial charge in [-0.05, 0) is 19.1 Å². The second-order valence-corrected chi connectivity index (χ2v) is 3.84. The highest BCUT2D eigenvalue weighted by atomic mass is 16.6. The summed E-state index contributed by atoms with van der Waals surface area (Å²) in [4.78, 5) is 15.8. The van der Waals surface area contributed by atoms with Gasteiger partial charge in [0.25, 0.3) is 0 Å². The van der Waals surface area contributed by atoms with E-state index >= 15 is 0 Å². The smallest absolute Gasteiger partial charge is 0.417 e. The van der Waals surface area contributed by atoms with Gasteiger partial charge >= 0.3 is 6.09 Å². The zero-order valence-electron chi connectivity index (χ0n) is 10.7. The Morgan fingerprint density at radius 1 is 1.26 bits per heavy atom. The van der Waals surface area contributed by atoms with Gasteiger partial charge < -0.3 is 9.47 Å². The van der Waals surface area contributed by atoms with E-state index in [1.807, 2.05) is 13.0 Å². The minimum Gasteiger partial charge on any atom is -0.495 e. The Balaban J connectivity index is 2.03. The van der Waals surface area contributed by atoms with Crippen molar-refractivity contribution in [2.24, 2.45) is 0 Å². The van der Waals surface area contributed by atoms with Gasteiger partial charge in [-0.2, -0.15) is 0 Å². The van der Waals surface area contributed by atoms with E-state index in [1.54, 1.807) is 43.6 Å². The lowest BCUT2D eigenvalue weighted by Gasteiger charge is -2.08. The number of ether oxygens (including phenoxy) is 2. The quantitative estimate of drug-likeness (QED) is 0.919. The van der Waals surface area contributed by atoms with Crippen molar-refractivity contribution in [3.63, 3.8) is 0 Å². The first-order valence-electron chi connectivity index (χ1n) is 5.73. The maximum absolute atomic E-state index is 11.7. The Morgan fingerprint density at radius 2 is 2.00 bits per heavy atom. The van der Waals surface area contributed by atoms with Gasteiger partial charge in [-0.15, -0.1) is 0 Å². The molecule has 1 amide bonds. The van der Waals surface area contributed by atoms with Gasteiger partial charge in [0, 0.05) is 6.07 Å². The standard InChI is InChI=1S/C14H14N2O3/c1-10-13(18-2)8-11(9-15-10)16-14(17)19-12-6-4-3-5-7-12/h3-9H,1-2H3,(H,16,17). The molecule has 98 valence electrons. The highest BCUT2D eigenvalue weighted by Gasteiger charge is 2.07. The number of carbonyl (C=O) groups is 1. The van der Waals surface area contributed by atoms with Gasteiger partial charge in [-0.3, -0.25) is 10.3 Å². The lowest BCUT2D eigenvalue weighted by molar-refractivity contribution is 0.215. The summed E-state index contributed by atoms with van der Waals surface area (Å²) >= 11 is 0. The Bertz CT molecular complexity index is 570. The molecule has 5 nitrogen and oxygen atoms in total. The molecule has 1 N–H and O–H groups in total. The Morgan fingerprint density at radius 3 is 2.68 bits per heavy atom. The van der Waals surface area contributed by atoms with Crippen LogP contribution in [-0.4, -0.2) is 18.2 Å². The summed E-state index contributed by atoms with van der Waals surface area (Å²) in [6, 6.07) is 10.5. The Labute approximate surface area is 111 Å². The molecule has 0 aliphatic carbocycles. The monoisotopic (exact) mass is 258 g/mol. The molecule has 0 aliphatic heterocycles. The topological polar surface area (TPSA) is 60.5 Å². The number of pyridine rings is 1. The number of benzene rings is 1. The number of para-hydroxylation sites is 1. The van der Waals surface area contributed by atoms with Crippen molar-refractivity contribution in [1.29, 1.82) is 0 Å². The third-order valence-corrected chi connectivity index (χ3v) is 2.46. The molecule has 1 aromatic carbocycles. The van der Waals surface area contributed by atoms with E-state index in [9.17, 15) is 4.79 Å². The van der Waals surface area contributed by atoms with Crippen molar-refractivity contribution >= 4 is 11.8 Å². The van der Waals surface area contributed by atoms with Crippen LogP contribution in [0.15, 0.2) is 42.6 Å².